The second-order valence-corrected chi connectivity index (χ2v) is 5.69. The van der Waals surface area contributed by atoms with Gasteiger partial charge in [0.15, 0.2) is 0 Å². The van der Waals surface area contributed by atoms with Crippen molar-refractivity contribution in [2.75, 3.05) is 0 Å². The lowest BCUT2D eigenvalue weighted by Gasteiger charge is -2.19. The van der Waals surface area contributed by atoms with E-state index in [1.165, 1.54) is 9.08 Å². The van der Waals surface area contributed by atoms with Gasteiger partial charge in [-0.1, -0.05) is 0 Å². The van der Waals surface area contributed by atoms with E-state index < -0.39 is 12.5 Å². The van der Waals surface area contributed by atoms with Gasteiger partial charge in [-0.25, -0.2) is 0 Å². The molecule has 1 aliphatic heterocycles. The standard InChI is InChI=1S/C14H16N4O4/c1-7(2)16-5-9-12(14(16)22)17(6-11(19)20)10-4-8(3)15-18(10)13(9)21/h4,7H,5-6H2,1-3H3,(H,19,20). The molecule has 22 heavy (non-hydrogen) atoms. The van der Waals surface area contributed by atoms with Crippen molar-refractivity contribution in [2.45, 2.75) is 39.9 Å². The average Bonchev–Trinajstić information content (AvgIpc) is 2.96. The Balaban J connectivity index is 2.36. The van der Waals surface area contributed by atoms with E-state index in [0.717, 1.165) is 0 Å². The normalized spacial score (nSPS) is 14.2. The smallest absolute Gasteiger partial charge is 0.323 e. The molecule has 0 aliphatic carbocycles. The van der Waals surface area contributed by atoms with Gasteiger partial charge in [-0.2, -0.15) is 9.61 Å². The van der Waals surface area contributed by atoms with Crippen LogP contribution in [0.1, 0.15) is 35.6 Å². The third kappa shape index (κ3) is 1.91. The van der Waals surface area contributed by atoms with Crippen molar-refractivity contribution in [1.82, 2.24) is 19.1 Å². The highest BCUT2D eigenvalue weighted by molar-refractivity contribution is 5.97. The van der Waals surface area contributed by atoms with Crippen LogP contribution in [-0.2, 0) is 17.9 Å². The number of nitrogens with zero attached hydrogens (tertiary/aromatic N) is 4. The molecule has 1 N–H and O–H groups in total. The summed E-state index contributed by atoms with van der Waals surface area (Å²) in [5, 5.41) is 13.3. The van der Waals surface area contributed by atoms with Crippen molar-refractivity contribution in [2.24, 2.45) is 0 Å². The van der Waals surface area contributed by atoms with Crippen molar-refractivity contribution in [3.63, 3.8) is 0 Å². The Morgan fingerprint density at radius 3 is 2.68 bits per heavy atom. The summed E-state index contributed by atoms with van der Waals surface area (Å²) in [6.07, 6.45) is 0. The van der Waals surface area contributed by atoms with Crippen molar-refractivity contribution in [1.29, 1.82) is 0 Å². The predicted octanol–water partition coefficient (Wildman–Crippen LogP) is 0.253. The zero-order valence-corrected chi connectivity index (χ0v) is 12.5. The molecule has 8 nitrogen and oxygen atoms in total. The first kappa shape index (κ1) is 14.3. The van der Waals surface area contributed by atoms with Crippen LogP contribution in [0.15, 0.2) is 10.9 Å². The molecule has 0 saturated carbocycles. The van der Waals surface area contributed by atoms with Crippen molar-refractivity contribution < 1.29 is 14.7 Å². The lowest BCUT2D eigenvalue weighted by molar-refractivity contribution is -0.137. The zero-order valence-electron chi connectivity index (χ0n) is 12.5. The van der Waals surface area contributed by atoms with Gasteiger partial charge in [-0.05, 0) is 20.8 Å². The molecule has 0 atom stereocenters. The molecule has 3 heterocycles. The monoisotopic (exact) mass is 304 g/mol. The van der Waals surface area contributed by atoms with E-state index in [1.54, 1.807) is 17.9 Å². The highest BCUT2D eigenvalue weighted by Crippen LogP contribution is 2.24. The van der Waals surface area contributed by atoms with Gasteiger partial charge in [0.25, 0.3) is 11.5 Å². The summed E-state index contributed by atoms with van der Waals surface area (Å²) >= 11 is 0. The zero-order chi connectivity index (χ0) is 16.2. The maximum absolute atomic E-state index is 12.6. The SMILES string of the molecule is Cc1cc2n(CC(=O)O)c3c(c(=O)n2n1)CN(C(C)C)C3=O. The third-order valence-corrected chi connectivity index (χ3v) is 3.80. The molecule has 0 saturated heterocycles. The molecule has 0 bridgehead atoms. The molecule has 0 spiro atoms. The van der Waals surface area contributed by atoms with Crippen LogP contribution in [0.5, 0.6) is 0 Å². The number of aliphatic carboxylic acids is 1. The first-order chi connectivity index (χ1) is 10.3. The van der Waals surface area contributed by atoms with Crippen LogP contribution in [-0.4, -0.2) is 42.1 Å². The first-order valence-corrected chi connectivity index (χ1v) is 6.96. The quantitative estimate of drug-likeness (QED) is 0.877. The van der Waals surface area contributed by atoms with Gasteiger partial charge in [-0.3, -0.25) is 14.4 Å². The fraction of sp³-hybridized carbons (Fsp3) is 0.429. The van der Waals surface area contributed by atoms with E-state index in [0.29, 0.717) is 16.9 Å². The molecule has 116 valence electrons. The number of aromatic nitrogens is 3. The number of aryl methyl sites for hydroxylation is 1. The highest BCUT2D eigenvalue weighted by Gasteiger charge is 2.36. The van der Waals surface area contributed by atoms with Crippen LogP contribution in [0.3, 0.4) is 0 Å². The Kier molecular flexibility index (Phi) is 3.05. The summed E-state index contributed by atoms with van der Waals surface area (Å²) in [5.41, 5.74) is 1.01. The first-order valence-electron chi connectivity index (χ1n) is 6.96. The molecule has 0 fully saturated rings. The van der Waals surface area contributed by atoms with E-state index in [9.17, 15) is 14.4 Å². The van der Waals surface area contributed by atoms with Crippen LogP contribution in [0.25, 0.3) is 5.65 Å². The van der Waals surface area contributed by atoms with Gasteiger partial charge in [0.05, 0.1) is 17.8 Å². The number of carboxylic acid groups (broad SMARTS) is 1. The molecule has 0 aromatic carbocycles. The maximum Gasteiger partial charge on any atom is 0.323 e. The minimum absolute atomic E-state index is 0.0772. The second kappa shape index (κ2) is 4.69. The van der Waals surface area contributed by atoms with E-state index in [2.05, 4.69) is 5.10 Å². The van der Waals surface area contributed by atoms with Gasteiger partial charge < -0.3 is 14.6 Å². The number of fused-ring (bicyclic) bond motifs is 2. The van der Waals surface area contributed by atoms with Crippen LogP contribution in [0.2, 0.25) is 0 Å². The summed E-state index contributed by atoms with van der Waals surface area (Å²) in [7, 11) is 0. The maximum atomic E-state index is 12.6. The summed E-state index contributed by atoms with van der Waals surface area (Å²) in [6, 6.07) is 1.53. The Labute approximate surface area is 125 Å². The summed E-state index contributed by atoms with van der Waals surface area (Å²) in [4.78, 5) is 37.9. The van der Waals surface area contributed by atoms with Crippen molar-refractivity contribution in [3.05, 3.63) is 33.4 Å². The Morgan fingerprint density at radius 2 is 2.09 bits per heavy atom. The minimum atomic E-state index is -1.08. The van der Waals surface area contributed by atoms with E-state index in [-0.39, 0.29) is 29.7 Å². The summed E-state index contributed by atoms with van der Waals surface area (Å²) in [5.74, 6) is -1.40. The fourth-order valence-corrected chi connectivity index (χ4v) is 2.81. The van der Waals surface area contributed by atoms with Gasteiger partial charge in [0.1, 0.15) is 17.9 Å². The number of hydrogen-bond donors (Lipinski definition) is 1. The lowest BCUT2D eigenvalue weighted by atomic mass is 10.2. The molecule has 1 amide bonds. The molecular weight excluding hydrogens is 288 g/mol. The second-order valence-electron chi connectivity index (χ2n) is 5.69. The minimum Gasteiger partial charge on any atom is -0.480 e. The number of amides is 1. The van der Waals surface area contributed by atoms with Gasteiger partial charge >= 0.3 is 5.97 Å². The topological polar surface area (TPSA) is 96.9 Å². The Hall–Kier alpha value is -2.64. The largest absolute Gasteiger partial charge is 0.480 e. The Bertz CT molecular complexity index is 862. The highest BCUT2D eigenvalue weighted by atomic mass is 16.4. The Morgan fingerprint density at radius 1 is 1.41 bits per heavy atom. The van der Waals surface area contributed by atoms with Crippen LogP contribution < -0.4 is 5.56 Å². The molecule has 2 aromatic rings. The number of carbonyl (C=O) groups is 2. The van der Waals surface area contributed by atoms with Crippen molar-refractivity contribution >= 4 is 17.5 Å². The molecule has 0 radical (unpaired) electrons. The molecule has 8 heteroatoms. The number of rotatable bonds is 3. The van der Waals surface area contributed by atoms with Gasteiger partial charge in [0, 0.05) is 12.1 Å². The van der Waals surface area contributed by atoms with Gasteiger partial charge in [-0.15, -0.1) is 0 Å². The van der Waals surface area contributed by atoms with Crippen LogP contribution in [0.4, 0.5) is 0 Å². The number of carboxylic acids is 1. The third-order valence-electron chi connectivity index (χ3n) is 3.80. The number of carbonyl (C=O) groups excluding carboxylic acids is 1. The predicted molar refractivity (Wildman–Crippen MR) is 76.8 cm³/mol. The van der Waals surface area contributed by atoms with Crippen LogP contribution in [0, 0.1) is 6.92 Å². The summed E-state index contributed by atoms with van der Waals surface area (Å²) < 4.78 is 2.54. The lowest BCUT2D eigenvalue weighted by Crippen LogP contribution is -2.32. The van der Waals surface area contributed by atoms with Gasteiger partial charge in [0.2, 0.25) is 0 Å². The van der Waals surface area contributed by atoms with Crippen molar-refractivity contribution in [3.8, 4) is 0 Å². The molecular formula is C14H16N4O4. The number of hydrogen-bond acceptors (Lipinski definition) is 4. The molecule has 2 aromatic heterocycles. The van der Waals surface area contributed by atoms with E-state index >= 15 is 0 Å². The summed E-state index contributed by atoms with van der Waals surface area (Å²) in [6.45, 7) is 5.20. The van der Waals surface area contributed by atoms with Crippen LogP contribution >= 0.6 is 0 Å². The molecule has 1 aliphatic rings. The average molecular weight is 304 g/mol. The molecule has 0 unspecified atom stereocenters. The fourth-order valence-electron chi connectivity index (χ4n) is 2.81. The van der Waals surface area contributed by atoms with E-state index in [4.69, 9.17) is 5.11 Å². The molecule has 3 rings (SSSR count). The van der Waals surface area contributed by atoms with E-state index in [1.807, 2.05) is 13.8 Å².